The lowest BCUT2D eigenvalue weighted by Crippen LogP contribution is -2.41. The van der Waals surface area contributed by atoms with Gasteiger partial charge in [0, 0.05) is 6.61 Å². The molecule has 1 aliphatic heterocycles. The maximum absolute atomic E-state index is 11.5. The molecule has 0 bridgehead atoms. The van der Waals surface area contributed by atoms with Crippen LogP contribution in [0.1, 0.15) is 13.3 Å². The van der Waals surface area contributed by atoms with Crippen molar-refractivity contribution in [2.24, 2.45) is 5.92 Å². The molecule has 1 saturated heterocycles. The molecular weight excluding hydrogens is 202 g/mol. The summed E-state index contributed by atoms with van der Waals surface area (Å²) in [6.45, 7) is 2.07. The van der Waals surface area contributed by atoms with Gasteiger partial charge in [0.2, 0.25) is 5.91 Å². The Morgan fingerprint density at radius 2 is 2.27 bits per heavy atom. The average Bonchev–Trinajstić information content (AvgIpc) is 2.60. The number of hydrogen-bond acceptors (Lipinski definition) is 4. The third kappa shape index (κ3) is 3.17. The third-order valence-electron chi connectivity index (χ3n) is 2.47. The minimum atomic E-state index is -1.55. The molecule has 15 heavy (non-hydrogen) atoms. The van der Waals surface area contributed by atoms with Crippen LogP contribution in [-0.4, -0.2) is 47.4 Å². The van der Waals surface area contributed by atoms with Gasteiger partial charge in [-0.2, -0.15) is 0 Å². The molecule has 1 rings (SSSR count). The molecule has 0 aliphatic carbocycles. The van der Waals surface area contributed by atoms with Crippen LogP contribution in [0.15, 0.2) is 0 Å². The number of carboxylic acid groups (broad SMARTS) is 1. The van der Waals surface area contributed by atoms with Gasteiger partial charge in [-0.15, -0.1) is 0 Å². The van der Waals surface area contributed by atoms with Crippen LogP contribution in [0.5, 0.6) is 0 Å². The van der Waals surface area contributed by atoms with E-state index in [0.29, 0.717) is 13.0 Å². The van der Waals surface area contributed by atoms with Crippen LogP contribution >= 0.6 is 0 Å². The van der Waals surface area contributed by atoms with Crippen molar-refractivity contribution in [3.63, 3.8) is 0 Å². The minimum absolute atomic E-state index is 0.146. The SMILES string of the molecule is CC1OCCC1C(=O)NC[C@H](O)C(=O)O. The molecule has 0 aromatic heterocycles. The molecule has 2 unspecified atom stereocenters. The third-order valence-corrected chi connectivity index (χ3v) is 2.47. The van der Waals surface area contributed by atoms with Gasteiger partial charge in [0.25, 0.3) is 0 Å². The zero-order valence-electron chi connectivity index (χ0n) is 8.47. The van der Waals surface area contributed by atoms with Crippen molar-refractivity contribution in [1.29, 1.82) is 0 Å². The summed E-state index contributed by atoms with van der Waals surface area (Å²) in [4.78, 5) is 21.8. The van der Waals surface area contributed by atoms with Gasteiger partial charge in [-0.05, 0) is 13.3 Å². The van der Waals surface area contributed by atoms with E-state index in [0.717, 1.165) is 0 Å². The predicted octanol–water partition coefficient (Wildman–Crippen LogP) is -1.03. The smallest absolute Gasteiger partial charge is 0.334 e. The number of rotatable bonds is 4. The summed E-state index contributed by atoms with van der Waals surface area (Å²) < 4.78 is 5.20. The van der Waals surface area contributed by atoms with Crippen LogP contribution < -0.4 is 5.32 Å². The first kappa shape index (κ1) is 11.9. The highest BCUT2D eigenvalue weighted by Gasteiger charge is 2.31. The Bertz CT molecular complexity index is 255. The highest BCUT2D eigenvalue weighted by atomic mass is 16.5. The molecule has 0 spiro atoms. The average molecular weight is 217 g/mol. The van der Waals surface area contributed by atoms with Crippen LogP contribution in [0.25, 0.3) is 0 Å². The highest BCUT2D eigenvalue weighted by Crippen LogP contribution is 2.20. The Morgan fingerprint density at radius 1 is 1.60 bits per heavy atom. The first-order valence-electron chi connectivity index (χ1n) is 4.82. The van der Waals surface area contributed by atoms with Gasteiger partial charge < -0.3 is 20.3 Å². The molecule has 1 heterocycles. The fourth-order valence-corrected chi connectivity index (χ4v) is 1.49. The summed E-state index contributed by atoms with van der Waals surface area (Å²) in [5.74, 6) is -1.85. The number of aliphatic hydroxyl groups excluding tert-OH is 1. The molecule has 0 radical (unpaired) electrons. The molecule has 3 N–H and O–H groups in total. The summed E-state index contributed by atoms with van der Waals surface area (Å²) in [7, 11) is 0. The maximum Gasteiger partial charge on any atom is 0.334 e. The normalized spacial score (nSPS) is 27.3. The molecule has 86 valence electrons. The topological polar surface area (TPSA) is 95.9 Å². The predicted molar refractivity (Wildman–Crippen MR) is 50.2 cm³/mol. The zero-order valence-corrected chi connectivity index (χ0v) is 8.47. The molecule has 6 heteroatoms. The van der Waals surface area contributed by atoms with Crippen molar-refractivity contribution in [3.05, 3.63) is 0 Å². The lowest BCUT2D eigenvalue weighted by molar-refractivity contribution is -0.146. The molecule has 1 amide bonds. The van der Waals surface area contributed by atoms with E-state index in [4.69, 9.17) is 14.9 Å². The van der Waals surface area contributed by atoms with Gasteiger partial charge in [-0.1, -0.05) is 0 Å². The summed E-state index contributed by atoms with van der Waals surface area (Å²) >= 11 is 0. The first-order chi connectivity index (χ1) is 7.02. The maximum atomic E-state index is 11.5. The second-order valence-corrected chi connectivity index (χ2v) is 3.57. The van der Waals surface area contributed by atoms with E-state index in [9.17, 15) is 9.59 Å². The number of hydrogen-bond donors (Lipinski definition) is 3. The minimum Gasteiger partial charge on any atom is -0.479 e. The summed E-state index contributed by atoms with van der Waals surface area (Å²) in [6.07, 6.45) is -1.06. The van der Waals surface area contributed by atoms with Gasteiger partial charge in [0.05, 0.1) is 18.6 Å². The van der Waals surface area contributed by atoms with Crippen LogP contribution in [0, 0.1) is 5.92 Å². The molecule has 0 saturated carbocycles. The fraction of sp³-hybridized carbons (Fsp3) is 0.778. The summed E-state index contributed by atoms with van der Waals surface area (Å²) in [6, 6.07) is 0. The molecule has 1 aliphatic rings. The van der Waals surface area contributed by atoms with Crippen LogP contribution in [-0.2, 0) is 14.3 Å². The van der Waals surface area contributed by atoms with Gasteiger partial charge in [-0.3, -0.25) is 4.79 Å². The number of carbonyl (C=O) groups excluding carboxylic acids is 1. The van der Waals surface area contributed by atoms with Gasteiger partial charge in [0.1, 0.15) is 0 Å². The molecule has 6 nitrogen and oxygen atoms in total. The van der Waals surface area contributed by atoms with Crippen molar-refractivity contribution in [2.75, 3.05) is 13.2 Å². The van der Waals surface area contributed by atoms with Gasteiger partial charge >= 0.3 is 5.97 Å². The van der Waals surface area contributed by atoms with E-state index >= 15 is 0 Å². The van der Waals surface area contributed by atoms with Gasteiger partial charge in [0.15, 0.2) is 6.10 Å². The molecule has 0 aromatic carbocycles. The number of nitrogens with one attached hydrogen (secondary N) is 1. The van der Waals surface area contributed by atoms with E-state index in [-0.39, 0.29) is 24.5 Å². The second kappa shape index (κ2) is 5.09. The lowest BCUT2D eigenvalue weighted by atomic mass is 10.0. The number of ether oxygens (including phenoxy) is 1. The number of amides is 1. The van der Waals surface area contributed by atoms with Crippen molar-refractivity contribution in [1.82, 2.24) is 5.32 Å². The zero-order chi connectivity index (χ0) is 11.4. The second-order valence-electron chi connectivity index (χ2n) is 3.57. The quantitative estimate of drug-likeness (QED) is 0.559. The number of carboxylic acids is 1. The molecule has 0 aromatic rings. The van der Waals surface area contributed by atoms with E-state index in [2.05, 4.69) is 5.32 Å². The van der Waals surface area contributed by atoms with Crippen molar-refractivity contribution in [3.8, 4) is 0 Å². The molecule has 3 atom stereocenters. The number of carbonyl (C=O) groups is 2. The summed E-state index contributed by atoms with van der Waals surface area (Å²) in [5, 5.41) is 19.7. The van der Waals surface area contributed by atoms with Crippen molar-refractivity contribution >= 4 is 11.9 Å². The molecule has 1 fully saturated rings. The van der Waals surface area contributed by atoms with E-state index in [1.165, 1.54) is 0 Å². The largest absolute Gasteiger partial charge is 0.479 e. The number of aliphatic carboxylic acids is 1. The highest BCUT2D eigenvalue weighted by molar-refractivity contribution is 5.80. The molecular formula is C9H15NO5. The Hall–Kier alpha value is -1.14. The summed E-state index contributed by atoms with van der Waals surface area (Å²) in [5.41, 5.74) is 0. The van der Waals surface area contributed by atoms with Crippen LogP contribution in [0.4, 0.5) is 0 Å². The Morgan fingerprint density at radius 3 is 2.73 bits per heavy atom. The Kier molecular flexibility index (Phi) is 4.05. The lowest BCUT2D eigenvalue weighted by Gasteiger charge is -2.14. The Balaban J connectivity index is 2.32. The monoisotopic (exact) mass is 217 g/mol. The standard InChI is InChI=1S/C9H15NO5/c1-5-6(2-3-15-5)8(12)10-4-7(11)9(13)14/h5-7,11H,2-4H2,1H3,(H,10,12)(H,13,14)/t5?,6?,7-/m0/s1. The fourth-order valence-electron chi connectivity index (χ4n) is 1.49. The van der Waals surface area contributed by atoms with Crippen LogP contribution in [0.2, 0.25) is 0 Å². The number of aliphatic hydroxyl groups is 1. The first-order valence-corrected chi connectivity index (χ1v) is 4.82. The van der Waals surface area contributed by atoms with Crippen molar-refractivity contribution in [2.45, 2.75) is 25.6 Å². The van der Waals surface area contributed by atoms with E-state index < -0.39 is 12.1 Å². The van der Waals surface area contributed by atoms with Crippen LogP contribution in [0.3, 0.4) is 0 Å². The Labute approximate surface area is 87.2 Å². The van der Waals surface area contributed by atoms with Crippen molar-refractivity contribution < 1.29 is 24.5 Å². The van der Waals surface area contributed by atoms with E-state index in [1.54, 1.807) is 6.92 Å². The van der Waals surface area contributed by atoms with E-state index in [1.807, 2.05) is 0 Å². The van der Waals surface area contributed by atoms with Gasteiger partial charge in [-0.25, -0.2) is 4.79 Å².